The zero-order valence-electron chi connectivity index (χ0n) is 14.1. The number of aryl methyl sites for hydroxylation is 1. The molecule has 5 heteroatoms. The van der Waals surface area contributed by atoms with Gasteiger partial charge in [-0.1, -0.05) is 12.1 Å². The van der Waals surface area contributed by atoms with E-state index >= 15 is 0 Å². The third-order valence-corrected chi connectivity index (χ3v) is 4.00. The van der Waals surface area contributed by atoms with E-state index < -0.39 is 6.10 Å². The average molecular weight is 319 g/mol. The number of piperidine rings is 1. The van der Waals surface area contributed by atoms with Crippen LogP contribution in [0.25, 0.3) is 0 Å². The lowest BCUT2D eigenvalue weighted by atomic mass is 9.98. The average Bonchev–Trinajstić information content (AvgIpc) is 2.54. The SMILES string of the molecule is CCOC(=O)[C@H]1CCCN(C(=O)[C@H](C)Oc2cccc(C)c2)C1. The molecule has 0 N–H and O–H groups in total. The molecule has 126 valence electrons. The first-order chi connectivity index (χ1) is 11.0. The summed E-state index contributed by atoms with van der Waals surface area (Å²) < 4.78 is 10.8. The van der Waals surface area contributed by atoms with Gasteiger partial charge in [0.15, 0.2) is 6.10 Å². The van der Waals surface area contributed by atoms with Crippen LogP contribution in [-0.4, -0.2) is 42.6 Å². The molecule has 23 heavy (non-hydrogen) atoms. The summed E-state index contributed by atoms with van der Waals surface area (Å²) in [5, 5.41) is 0. The molecule has 1 saturated heterocycles. The molecule has 1 aliphatic heterocycles. The lowest BCUT2D eigenvalue weighted by Crippen LogP contribution is -2.47. The fourth-order valence-corrected chi connectivity index (χ4v) is 2.83. The summed E-state index contributed by atoms with van der Waals surface area (Å²) in [7, 11) is 0. The predicted octanol–water partition coefficient (Wildman–Crippen LogP) is 2.56. The molecule has 0 radical (unpaired) electrons. The third kappa shape index (κ3) is 4.71. The van der Waals surface area contributed by atoms with Crippen LogP contribution < -0.4 is 4.74 Å². The van der Waals surface area contributed by atoms with Crippen LogP contribution in [-0.2, 0) is 14.3 Å². The number of nitrogens with zero attached hydrogens (tertiary/aromatic N) is 1. The van der Waals surface area contributed by atoms with Gasteiger partial charge < -0.3 is 14.4 Å². The van der Waals surface area contributed by atoms with Gasteiger partial charge in [-0.2, -0.15) is 0 Å². The van der Waals surface area contributed by atoms with Gasteiger partial charge in [-0.25, -0.2) is 0 Å². The van der Waals surface area contributed by atoms with Crippen LogP contribution in [0.5, 0.6) is 5.75 Å². The summed E-state index contributed by atoms with van der Waals surface area (Å²) in [6.45, 7) is 6.97. The van der Waals surface area contributed by atoms with Crippen molar-refractivity contribution < 1.29 is 19.1 Å². The van der Waals surface area contributed by atoms with Gasteiger partial charge in [0.2, 0.25) is 0 Å². The van der Waals surface area contributed by atoms with Gasteiger partial charge in [0.25, 0.3) is 5.91 Å². The smallest absolute Gasteiger partial charge is 0.310 e. The van der Waals surface area contributed by atoms with Crippen LogP contribution in [0.1, 0.15) is 32.3 Å². The van der Waals surface area contributed by atoms with E-state index in [0.717, 1.165) is 18.4 Å². The van der Waals surface area contributed by atoms with Gasteiger partial charge in [0.05, 0.1) is 12.5 Å². The molecule has 1 amide bonds. The molecule has 0 aromatic heterocycles. The van der Waals surface area contributed by atoms with Crippen LogP contribution >= 0.6 is 0 Å². The third-order valence-electron chi connectivity index (χ3n) is 4.00. The molecule has 1 fully saturated rings. The summed E-state index contributed by atoms with van der Waals surface area (Å²) in [5.74, 6) is 0.168. The first-order valence-electron chi connectivity index (χ1n) is 8.20. The molecule has 1 heterocycles. The fourth-order valence-electron chi connectivity index (χ4n) is 2.83. The van der Waals surface area contributed by atoms with E-state index in [4.69, 9.17) is 9.47 Å². The molecule has 1 aromatic carbocycles. The van der Waals surface area contributed by atoms with Crippen LogP contribution in [0.4, 0.5) is 0 Å². The highest BCUT2D eigenvalue weighted by Gasteiger charge is 2.31. The van der Waals surface area contributed by atoms with Crippen molar-refractivity contribution in [1.82, 2.24) is 4.90 Å². The number of amides is 1. The minimum absolute atomic E-state index is 0.0829. The summed E-state index contributed by atoms with van der Waals surface area (Å²) in [5.41, 5.74) is 1.09. The van der Waals surface area contributed by atoms with Crippen molar-refractivity contribution in [2.75, 3.05) is 19.7 Å². The Morgan fingerprint density at radius 2 is 2.17 bits per heavy atom. The van der Waals surface area contributed by atoms with Crippen molar-refractivity contribution in [2.24, 2.45) is 5.92 Å². The number of likely N-dealkylation sites (tertiary alicyclic amines) is 1. The first kappa shape index (κ1) is 17.3. The highest BCUT2D eigenvalue weighted by Crippen LogP contribution is 2.20. The number of ether oxygens (including phenoxy) is 2. The van der Waals surface area contributed by atoms with E-state index in [9.17, 15) is 9.59 Å². The maximum atomic E-state index is 12.6. The molecule has 5 nitrogen and oxygen atoms in total. The van der Waals surface area contributed by atoms with Gasteiger partial charge in [0.1, 0.15) is 5.75 Å². The number of benzene rings is 1. The summed E-state index contributed by atoms with van der Waals surface area (Å²) in [6.07, 6.45) is 1.01. The second-order valence-electron chi connectivity index (χ2n) is 5.95. The minimum Gasteiger partial charge on any atom is -0.481 e. The Hall–Kier alpha value is -2.04. The Morgan fingerprint density at radius 1 is 1.39 bits per heavy atom. The summed E-state index contributed by atoms with van der Waals surface area (Å²) >= 11 is 0. The quantitative estimate of drug-likeness (QED) is 0.783. The van der Waals surface area contributed by atoms with Crippen molar-refractivity contribution >= 4 is 11.9 Å². The minimum atomic E-state index is -0.572. The molecule has 1 aliphatic rings. The maximum absolute atomic E-state index is 12.6. The van der Waals surface area contributed by atoms with Crippen molar-refractivity contribution in [2.45, 2.75) is 39.7 Å². The second kappa shape index (κ2) is 7.99. The fraction of sp³-hybridized carbons (Fsp3) is 0.556. The van der Waals surface area contributed by atoms with Crippen LogP contribution in [0.3, 0.4) is 0 Å². The largest absolute Gasteiger partial charge is 0.481 e. The number of hydrogen-bond donors (Lipinski definition) is 0. The van der Waals surface area contributed by atoms with Crippen LogP contribution in [0.15, 0.2) is 24.3 Å². The van der Waals surface area contributed by atoms with Crippen molar-refractivity contribution in [1.29, 1.82) is 0 Å². The molecule has 2 rings (SSSR count). The molecule has 0 saturated carbocycles. The molecule has 1 aromatic rings. The van der Waals surface area contributed by atoms with Crippen molar-refractivity contribution in [3.63, 3.8) is 0 Å². The predicted molar refractivity (Wildman–Crippen MR) is 87.2 cm³/mol. The first-order valence-corrected chi connectivity index (χ1v) is 8.20. The summed E-state index contributed by atoms with van der Waals surface area (Å²) in [6, 6.07) is 7.63. The molecule has 0 spiro atoms. The van der Waals surface area contributed by atoms with E-state index in [1.165, 1.54) is 0 Å². The topological polar surface area (TPSA) is 55.8 Å². The molecule has 0 aliphatic carbocycles. The van der Waals surface area contributed by atoms with E-state index in [0.29, 0.717) is 25.4 Å². The zero-order valence-corrected chi connectivity index (χ0v) is 14.1. The van der Waals surface area contributed by atoms with E-state index in [2.05, 4.69) is 0 Å². The molecule has 0 unspecified atom stereocenters. The van der Waals surface area contributed by atoms with Crippen LogP contribution in [0.2, 0.25) is 0 Å². The van der Waals surface area contributed by atoms with Crippen LogP contribution in [0, 0.1) is 12.8 Å². The number of carbonyl (C=O) groups excluding carboxylic acids is 2. The second-order valence-corrected chi connectivity index (χ2v) is 5.95. The lowest BCUT2D eigenvalue weighted by Gasteiger charge is -2.33. The maximum Gasteiger partial charge on any atom is 0.310 e. The molecular formula is C18H25NO4. The van der Waals surface area contributed by atoms with E-state index in [1.54, 1.807) is 18.7 Å². The van der Waals surface area contributed by atoms with Gasteiger partial charge in [-0.05, 0) is 51.3 Å². The van der Waals surface area contributed by atoms with E-state index in [-0.39, 0.29) is 17.8 Å². The van der Waals surface area contributed by atoms with Gasteiger partial charge in [-0.15, -0.1) is 0 Å². The number of esters is 1. The Kier molecular flexibility index (Phi) is 6.02. The van der Waals surface area contributed by atoms with Crippen molar-refractivity contribution in [3.8, 4) is 5.75 Å². The highest BCUT2D eigenvalue weighted by molar-refractivity contribution is 5.82. The Labute approximate surface area is 137 Å². The Bertz CT molecular complexity index is 558. The monoisotopic (exact) mass is 319 g/mol. The standard InChI is InChI=1S/C18H25NO4/c1-4-22-18(21)15-8-6-10-19(12-15)17(20)14(3)23-16-9-5-7-13(2)11-16/h5,7,9,11,14-15H,4,6,8,10,12H2,1-3H3/t14-,15-/m0/s1. The van der Waals surface area contributed by atoms with Gasteiger partial charge >= 0.3 is 5.97 Å². The van der Waals surface area contributed by atoms with Gasteiger partial charge in [0, 0.05) is 13.1 Å². The number of hydrogen-bond acceptors (Lipinski definition) is 4. The summed E-state index contributed by atoms with van der Waals surface area (Å²) in [4.78, 5) is 26.1. The zero-order chi connectivity index (χ0) is 16.8. The van der Waals surface area contributed by atoms with E-state index in [1.807, 2.05) is 31.2 Å². The molecular weight excluding hydrogens is 294 g/mol. The molecule has 0 bridgehead atoms. The van der Waals surface area contributed by atoms with Gasteiger partial charge in [-0.3, -0.25) is 9.59 Å². The number of carbonyl (C=O) groups is 2. The Balaban J connectivity index is 1.94. The molecule has 2 atom stereocenters. The normalized spacial score (nSPS) is 19.1. The lowest BCUT2D eigenvalue weighted by molar-refractivity contribution is -0.152. The number of rotatable bonds is 5. The van der Waals surface area contributed by atoms with Crippen molar-refractivity contribution in [3.05, 3.63) is 29.8 Å². The Morgan fingerprint density at radius 3 is 2.87 bits per heavy atom. The highest BCUT2D eigenvalue weighted by atomic mass is 16.5.